The van der Waals surface area contributed by atoms with Crippen LogP contribution in [0, 0.1) is 6.92 Å². The number of nitrogens with zero attached hydrogens (tertiary/aromatic N) is 3. The first kappa shape index (κ1) is 11.6. The van der Waals surface area contributed by atoms with Gasteiger partial charge in [0.1, 0.15) is 5.82 Å². The van der Waals surface area contributed by atoms with E-state index in [0.717, 1.165) is 17.7 Å². The minimum absolute atomic E-state index is 0.574. The van der Waals surface area contributed by atoms with Crippen molar-refractivity contribution in [3.05, 3.63) is 65.1 Å². The van der Waals surface area contributed by atoms with Gasteiger partial charge in [-0.05, 0) is 24.6 Å². The van der Waals surface area contributed by atoms with E-state index in [9.17, 15) is 4.79 Å². The normalized spacial score (nSPS) is 10.8. The monoisotopic (exact) mass is 251 g/mol. The summed E-state index contributed by atoms with van der Waals surface area (Å²) in [4.78, 5) is 11.1. The zero-order valence-electron chi connectivity index (χ0n) is 10.6. The molecule has 0 saturated heterocycles. The fourth-order valence-corrected chi connectivity index (χ4v) is 2.24. The molecule has 0 atom stereocenters. The number of aldehydes is 1. The summed E-state index contributed by atoms with van der Waals surface area (Å²) in [5, 5.41) is 8.28. The Balaban J connectivity index is 2.08. The summed E-state index contributed by atoms with van der Waals surface area (Å²) >= 11 is 0. The van der Waals surface area contributed by atoms with E-state index in [0.29, 0.717) is 17.8 Å². The first-order valence-corrected chi connectivity index (χ1v) is 6.11. The van der Waals surface area contributed by atoms with Crippen LogP contribution in [0.2, 0.25) is 0 Å². The van der Waals surface area contributed by atoms with E-state index in [-0.39, 0.29) is 0 Å². The molecule has 1 aromatic carbocycles. The van der Waals surface area contributed by atoms with Crippen molar-refractivity contribution in [2.75, 3.05) is 0 Å². The molecule has 0 fully saturated rings. The van der Waals surface area contributed by atoms with Crippen molar-refractivity contribution in [2.45, 2.75) is 13.3 Å². The number of hydrogen-bond acceptors (Lipinski definition) is 3. The maximum absolute atomic E-state index is 11.1. The summed E-state index contributed by atoms with van der Waals surface area (Å²) < 4.78 is 1.80. The number of carbonyl (C=O) groups excluding carboxylic acids is 1. The first-order valence-electron chi connectivity index (χ1n) is 6.11. The lowest BCUT2D eigenvalue weighted by molar-refractivity contribution is 0.111. The largest absolute Gasteiger partial charge is 0.296 e. The number of fused-ring (bicyclic) bond motifs is 1. The van der Waals surface area contributed by atoms with Gasteiger partial charge in [0.05, 0.1) is 5.69 Å². The lowest BCUT2D eigenvalue weighted by Gasteiger charge is -2.03. The third-order valence-electron chi connectivity index (χ3n) is 3.09. The van der Waals surface area contributed by atoms with Crippen LogP contribution < -0.4 is 0 Å². The Labute approximate surface area is 110 Å². The number of benzene rings is 1. The van der Waals surface area contributed by atoms with Crippen molar-refractivity contribution in [2.24, 2.45) is 0 Å². The van der Waals surface area contributed by atoms with E-state index in [4.69, 9.17) is 0 Å². The zero-order chi connectivity index (χ0) is 13.2. The highest BCUT2D eigenvalue weighted by Crippen LogP contribution is 2.13. The topological polar surface area (TPSA) is 47.3 Å². The van der Waals surface area contributed by atoms with Gasteiger partial charge >= 0.3 is 0 Å². The van der Waals surface area contributed by atoms with Gasteiger partial charge in [0.25, 0.3) is 0 Å². The molecule has 0 aliphatic rings. The lowest BCUT2D eigenvalue weighted by Crippen LogP contribution is -2.01. The van der Waals surface area contributed by atoms with Crippen molar-refractivity contribution >= 4 is 11.9 Å². The second kappa shape index (κ2) is 4.65. The van der Waals surface area contributed by atoms with Crippen LogP contribution in [0.1, 0.15) is 27.4 Å². The average molecular weight is 251 g/mol. The van der Waals surface area contributed by atoms with Crippen molar-refractivity contribution < 1.29 is 4.79 Å². The summed E-state index contributed by atoms with van der Waals surface area (Å²) in [5.74, 6) is 0.781. The van der Waals surface area contributed by atoms with Gasteiger partial charge in [-0.15, -0.1) is 10.2 Å². The van der Waals surface area contributed by atoms with E-state index in [2.05, 4.69) is 35.3 Å². The summed E-state index contributed by atoms with van der Waals surface area (Å²) in [6.45, 7) is 2.06. The van der Waals surface area contributed by atoms with Crippen LogP contribution in [0.4, 0.5) is 0 Å². The fraction of sp³-hybridized carbons (Fsp3) is 0.133. The predicted molar refractivity (Wildman–Crippen MR) is 72.4 cm³/mol. The second-order valence-corrected chi connectivity index (χ2v) is 4.54. The molecule has 3 aromatic rings. The molecule has 0 aliphatic heterocycles. The third-order valence-corrected chi connectivity index (χ3v) is 3.09. The van der Waals surface area contributed by atoms with Gasteiger partial charge < -0.3 is 0 Å². The SMILES string of the molecule is Cc1cccc(Cc2nnc3cccc(C=O)n23)c1. The van der Waals surface area contributed by atoms with Crippen LogP contribution in [-0.2, 0) is 6.42 Å². The van der Waals surface area contributed by atoms with E-state index in [1.54, 1.807) is 10.5 Å². The van der Waals surface area contributed by atoms with Crippen LogP contribution in [0.5, 0.6) is 0 Å². The number of carbonyl (C=O) groups is 1. The lowest BCUT2D eigenvalue weighted by atomic mass is 10.1. The van der Waals surface area contributed by atoms with Crippen LogP contribution in [0.25, 0.3) is 5.65 Å². The molecule has 94 valence electrons. The van der Waals surface area contributed by atoms with Gasteiger partial charge in [-0.2, -0.15) is 0 Å². The minimum atomic E-state index is 0.574. The van der Waals surface area contributed by atoms with Crippen molar-refractivity contribution in [3.8, 4) is 0 Å². The van der Waals surface area contributed by atoms with Gasteiger partial charge in [-0.1, -0.05) is 35.9 Å². The zero-order valence-corrected chi connectivity index (χ0v) is 10.6. The predicted octanol–water partition coefficient (Wildman–Crippen LogP) is 2.44. The highest BCUT2D eigenvalue weighted by Gasteiger charge is 2.09. The highest BCUT2D eigenvalue weighted by molar-refractivity contribution is 5.74. The molecule has 0 spiro atoms. The summed E-state index contributed by atoms with van der Waals surface area (Å²) in [5.41, 5.74) is 3.65. The molecule has 0 aliphatic carbocycles. The smallest absolute Gasteiger partial charge is 0.166 e. The summed E-state index contributed by atoms with van der Waals surface area (Å²) in [6.07, 6.45) is 1.49. The standard InChI is InChI=1S/C15H13N3O/c1-11-4-2-5-12(8-11)9-15-17-16-14-7-3-6-13(10-19)18(14)15/h2-8,10H,9H2,1H3. The summed E-state index contributed by atoms with van der Waals surface area (Å²) in [7, 11) is 0. The Morgan fingerprint density at radius 3 is 2.79 bits per heavy atom. The Kier molecular flexibility index (Phi) is 2.83. The molecule has 2 aromatic heterocycles. The van der Waals surface area contributed by atoms with Crippen LogP contribution in [0.3, 0.4) is 0 Å². The molecule has 0 unspecified atom stereocenters. The fourth-order valence-electron chi connectivity index (χ4n) is 2.24. The Morgan fingerprint density at radius 1 is 1.16 bits per heavy atom. The number of pyridine rings is 1. The molecular weight excluding hydrogens is 238 g/mol. The number of rotatable bonds is 3. The number of hydrogen-bond donors (Lipinski definition) is 0. The Morgan fingerprint density at radius 2 is 2.00 bits per heavy atom. The quantitative estimate of drug-likeness (QED) is 0.672. The van der Waals surface area contributed by atoms with Gasteiger partial charge in [-0.3, -0.25) is 9.20 Å². The van der Waals surface area contributed by atoms with Crippen LogP contribution in [-0.4, -0.2) is 20.9 Å². The molecule has 3 rings (SSSR count). The van der Waals surface area contributed by atoms with Gasteiger partial charge in [0.2, 0.25) is 0 Å². The third kappa shape index (κ3) is 2.12. The van der Waals surface area contributed by atoms with Gasteiger partial charge in [-0.25, -0.2) is 0 Å². The highest BCUT2D eigenvalue weighted by atomic mass is 16.1. The molecule has 4 heteroatoms. The first-order chi connectivity index (χ1) is 9.28. The maximum atomic E-state index is 11.1. The average Bonchev–Trinajstić information content (AvgIpc) is 2.82. The molecule has 0 N–H and O–H groups in total. The van der Waals surface area contributed by atoms with Crippen LogP contribution >= 0.6 is 0 Å². The molecule has 0 saturated carbocycles. The van der Waals surface area contributed by atoms with Crippen LogP contribution in [0.15, 0.2) is 42.5 Å². The van der Waals surface area contributed by atoms with E-state index in [1.807, 2.05) is 18.2 Å². The van der Waals surface area contributed by atoms with Crippen molar-refractivity contribution in [3.63, 3.8) is 0 Å². The minimum Gasteiger partial charge on any atom is -0.296 e. The molecule has 0 bridgehead atoms. The van der Waals surface area contributed by atoms with E-state index < -0.39 is 0 Å². The number of aryl methyl sites for hydroxylation is 1. The molecular formula is C15H13N3O. The van der Waals surface area contributed by atoms with Gasteiger partial charge in [0, 0.05) is 6.42 Å². The molecule has 2 heterocycles. The molecule has 4 nitrogen and oxygen atoms in total. The summed E-state index contributed by atoms with van der Waals surface area (Å²) in [6, 6.07) is 13.7. The Bertz CT molecular complexity index is 746. The Hall–Kier alpha value is -2.49. The molecule has 0 amide bonds. The molecule has 19 heavy (non-hydrogen) atoms. The number of aromatic nitrogens is 3. The van der Waals surface area contributed by atoms with E-state index >= 15 is 0 Å². The van der Waals surface area contributed by atoms with Crippen molar-refractivity contribution in [1.82, 2.24) is 14.6 Å². The second-order valence-electron chi connectivity index (χ2n) is 4.54. The van der Waals surface area contributed by atoms with E-state index in [1.165, 1.54) is 5.56 Å². The molecule has 0 radical (unpaired) electrons. The maximum Gasteiger partial charge on any atom is 0.166 e. The van der Waals surface area contributed by atoms with Crippen molar-refractivity contribution in [1.29, 1.82) is 0 Å². The van der Waals surface area contributed by atoms with Gasteiger partial charge in [0.15, 0.2) is 11.9 Å².